The molecule has 0 radical (unpaired) electrons. The normalized spacial score (nSPS) is 18.9. The number of carbonyl (C=O) groups is 1. The smallest absolute Gasteiger partial charge is 0.252 e. The molecule has 1 aromatic heterocycles. The second-order valence-electron chi connectivity index (χ2n) is 5.82. The molecule has 1 unspecified atom stereocenters. The monoisotopic (exact) mass is 309 g/mol. The van der Waals surface area contributed by atoms with Crippen molar-refractivity contribution in [1.29, 1.82) is 0 Å². The SMILES string of the molecule is CCOCc1nc(C2CCCN(C(=O)C(CC)CC)C2)no1. The highest BCUT2D eigenvalue weighted by atomic mass is 16.5. The summed E-state index contributed by atoms with van der Waals surface area (Å²) >= 11 is 0. The molecule has 124 valence electrons. The molecule has 0 bridgehead atoms. The van der Waals surface area contributed by atoms with Gasteiger partial charge in [-0.1, -0.05) is 19.0 Å². The van der Waals surface area contributed by atoms with Gasteiger partial charge in [0.15, 0.2) is 5.82 Å². The van der Waals surface area contributed by atoms with Gasteiger partial charge >= 0.3 is 0 Å². The first-order chi connectivity index (χ1) is 10.7. The lowest BCUT2D eigenvalue weighted by Crippen LogP contribution is -2.42. The highest BCUT2D eigenvalue weighted by Crippen LogP contribution is 2.26. The van der Waals surface area contributed by atoms with E-state index in [1.165, 1.54) is 0 Å². The Hall–Kier alpha value is -1.43. The molecule has 0 N–H and O–H groups in total. The van der Waals surface area contributed by atoms with Crippen LogP contribution in [0, 0.1) is 5.92 Å². The highest BCUT2D eigenvalue weighted by molar-refractivity contribution is 5.78. The molecule has 0 aliphatic carbocycles. The molecule has 0 spiro atoms. The van der Waals surface area contributed by atoms with Gasteiger partial charge in [0.05, 0.1) is 0 Å². The van der Waals surface area contributed by atoms with E-state index in [0.29, 0.717) is 31.5 Å². The Morgan fingerprint density at radius 2 is 2.18 bits per heavy atom. The number of amides is 1. The molecule has 1 amide bonds. The van der Waals surface area contributed by atoms with E-state index in [-0.39, 0.29) is 17.7 Å². The molecule has 2 rings (SSSR count). The Morgan fingerprint density at radius 1 is 1.41 bits per heavy atom. The Kier molecular flexibility index (Phi) is 6.36. The number of hydrogen-bond donors (Lipinski definition) is 0. The maximum atomic E-state index is 12.5. The van der Waals surface area contributed by atoms with Gasteiger partial charge in [0, 0.05) is 31.5 Å². The van der Waals surface area contributed by atoms with E-state index in [9.17, 15) is 4.79 Å². The van der Waals surface area contributed by atoms with Crippen molar-refractivity contribution in [2.24, 2.45) is 5.92 Å². The van der Waals surface area contributed by atoms with Gasteiger partial charge in [0.25, 0.3) is 5.89 Å². The standard InChI is InChI=1S/C16H27N3O3/c1-4-12(5-2)16(20)19-9-7-8-13(10-19)15-17-14(22-18-15)11-21-6-3/h12-13H,4-11H2,1-3H3. The number of piperidine rings is 1. The molecular formula is C16H27N3O3. The van der Waals surface area contributed by atoms with Gasteiger partial charge in [-0.25, -0.2) is 0 Å². The molecular weight excluding hydrogens is 282 g/mol. The molecule has 22 heavy (non-hydrogen) atoms. The van der Waals surface area contributed by atoms with Gasteiger partial charge in [-0.05, 0) is 32.6 Å². The number of aromatic nitrogens is 2. The van der Waals surface area contributed by atoms with E-state index in [0.717, 1.165) is 32.2 Å². The second kappa shape index (κ2) is 8.27. The Bertz CT molecular complexity index is 471. The Labute approximate surface area is 132 Å². The predicted octanol–water partition coefficient (Wildman–Crippen LogP) is 2.75. The largest absolute Gasteiger partial charge is 0.372 e. The summed E-state index contributed by atoms with van der Waals surface area (Å²) in [7, 11) is 0. The summed E-state index contributed by atoms with van der Waals surface area (Å²) in [4.78, 5) is 18.9. The molecule has 1 fully saturated rings. The van der Waals surface area contributed by atoms with Crippen LogP contribution in [0.1, 0.15) is 64.1 Å². The number of likely N-dealkylation sites (tertiary alicyclic amines) is 1. The quantitative estimate of drug-likeness (QED) is 0.774. The van der Waals surface area contributed by atoms with Crippen molar-refractivity contribution in [3.63, 3.8) is 0 Å². The summed E-state index contributed by atoms with van der Waals surface area (Å²) in [5, 5.41) is 4.07. The third-order valence-electron chi connectivity index (χ3n) is 4.35. The molecule has 1 aromatic rings. The topological polar surface area (TPSA) is 68.5 Å². The van der Waals surface area contributed by atoms with Crippen LogP contribution < -0.4 is 0 Å². The lowest BCUT2D eigenvalue weighted by atomic mass is 9.94. The van der Waals surface area contributed by atoms with Crippen LogP contribution in [0.15, 0.2) is 4.52 Å². The van der Waals surface area contributed by atoms with Crippen LogP contribution in [0.5, 0.6) is 0 Å². The van der Waals surface area contributed by atoms with Gasteiger partial charge < -0.3 is 14.2 Å². The van der Waals surface area contributed by atoms with Gasteiger partial charge in [-0.15, -0.1) is 0 Å². The van der Waals surface area contributed by atoms with Crippen LogP contribution in [-0.4, -0.2) is 40.6 Å². The number of rotatable bonds is 7. The van der Waals surface area contributed by atoms with Crippen LogP contribution in [-0.2, 0) is 16.1 Å². The third-order valence-corrected chi connectivity index (χ3v) is 4.35. The first-order valence-corrected chi connectivity index (χ1v) is 8.38. The van der Waals surface area contributed by atoms with E-state index in [1.807, 2.05) is 11.8 Å². The summed E-state index contributed by atoms with van der Waals surface area (Å²) < 4.78 is 10.5. The minimum absolute atomic E-state index is 0.137. The Morgan fingerprint density at radius 3 is 2.86 bits per heavy atom. The Balaban J connectivity index is 1.98. The lowest BCUT2D eigenvalue weighted by Gasteiger charge is -2.33. The van der Waals surface area contributed by atoms with Gasteiger partial charge in [-0.3, -0.25) is 4.79 Å². The first kappa shape index (κ1) is 16.9. The predicted molar refractivity (Wildman–Crippen MR) is 82.3 cm³/mol. The number of nitrogens with zero attached hydrogens (tertiary/aromatic N) is 3. The molecule has 0 saturated carbocycles. The van der Waals surface area contributed by atoms with Crippen molar-refractivity contribution in [2.75, 3.05) is 19.7 Å². The first-order valence-electron chi connectivity index (χ1n) is 8.38. The molecule has 6 nitrogen and oxygen atoms in total. The molecule has 6 heteroatoms. The maximum absolute atomic E-state index is 12.5. The van der Waals surface area contributed by atoms with Crippen molar-refractivity contribution >= 4 is 5.91 Å². The molecule has 2 heterocycles. The molecule has 1 saturated heterocycles. The van der Waals surface area contributed by atoms with Gasteiger partial charge in [0.1, 0.15) is 6.61 Å². The molecule has 1 aliphatic rings. The van der Waals surface area contributed by atoms with Crippen molar-refractivity contribution in [3.05, 3.63) is 11.7 Å². The minimum Gasteiger partial charge on any atom is -0.372 e. The van der Waals surface area contributed by atoms with Crippen molar-refractivity contribution in [3.8, 4) is 0 Å². The van der Waals surface area contributed by atoms with E-state index < -0.39 is 0 Å². The summed E-state index contributed by atoms with van der Waals surface area (Å²) in [6, 6.07) is 0. The third kappa shape index (κ3) is 4.06. The highest BCUT2D eigenvalue weighted by Gasteiger charge is 2.30. The lowest BCUT2D eigenvalue weighted by molar-refractivity contribution is -0.137. The zero-order chi connectivity index (χ0) is 15.9. The van der Waals surface area contributed by atoms with E-state index in [4.69, 9.17) is 9.26 Å². The van der Waals surface area contributed by atoms with Crippen LogP contribution >= 0.6 is 0 Å². The zero-order valence-corrected chi connectivity index (χ0v) is 13.9. The van der Waals surface area contributed by atoms with Crippen LogP contribution in [0.2, 0.25) is 0 Å². The molecule has 0 aromatic carbocycles. The average Bonchev–Trinajstić information content (AvgIpc) is 3.03. The summed E-state index contributed by atoms with van der Waals surface area (Å²) in [5.74, 6) is 1.80. The summed E-state index contributed by atoms with van der Waals surface area (Å²) in [5.41, 5.74) is 0. The fourth-order valence-corrected chi connectivity index (χ4v) is 2.97. The fourth-order valence-electron chi connectivity index (χ4n) is 2.97. The van der Waals surface area contributed by atoms with Gasteiger partial charge in [0.2, 0.25) is 5.91 Å². The number of carbonyl (C=O) groups excluding carboxylic acids is 1. The zero-order valence-electron chi connectivity index (χ0n) is 13.9. The fraction of sp³-hybridized carbons (Fsp3) is 0.812. The van der Waals surface area contributed by atoms with Gasteiger partial charge in [-0.2, -0.15) is 4.98 Å². The van der Waals surface area contributed by atoms with E-state index in [1.54, 1.807) is 0 Å². The van der Waals surface area contributed by atoms with E-state index >= 15 is 0 Å². The van der Waals surface area contributed by atoms with E-state index in [2.05, 4.69) is 24.0 Å². The molecule has 1 atom stereocenters. The van der Waals surface area contributed by atoms with Crippen LogP contribution in [0.3, 0.4) is 0 Å². The van der Waals surface area contributed by atoms with Crippen molar-refractivity contribution < 1.29 is 14.1 Å². The number of ether oxygens (including phenoxy) is 1. The van der Waals surface area contributed by atoms with Crippen LogP contribution in [0.25, 0.3) is 0 Å². The maximum Gasteiger partial charge on any atom is 0.252 e. The molecule has 1 aliphatic heterocycles. The van der Waals surface area contributed by atoms with Crippen molar-refractivity contribution in [1.82, 2.24) is 15.0 Å². The average molecular weight is 309 g/mol. The summed E-state index contributed by atoms with van der Waals surface area (Å²) in [6.07, 6.45) is 3.79. The minimum atomic E-state index is 0.137. The van der Waals surface area contributed by atoms with Crippen LogP contribution in [0.4, 0.5) is 0 Å². The number of hydrogen-bond acceptors (Lipinski definition) is 5. The van der Waals surface area contributed by atoms with Crippen molar-refractivity contribution in [2.45, 2.75) is 59.0 Å². The summed E-state index contributed by atoms with van der Waals surface area (Å²) in [6.45, 7) is 8.60. The second-order valence-corrected chi connectivity index (χ2v) is 5.82.